The first-order valence-corrected chi connectivity index (χ1v) is 3.51. The Hall–Kier alpha value is -0.0400. The number of nitrogens with one attached hydrogen (secondary N) is 1. The first-order chi connectivity index (χ1) is 3.98. The van der Waals surface area contributed by atoms with Gasteiger partial charge < -0.3 is 5.32 Å². The number of hydrogen-bond acceptors (Lipinski definition) is 1. The summed E-state index contributed by atoms with van der Waals surface area (Å²) in [6, 6.07) is 0.551. The molecule has 1 heteroatoms. The highest BCUT2D eigenvalue weighted by molar-refractivity contribution is 4.75. The van der Waals surface area contributed by atoms with E-state index < -0.39 is 0 Å². The van der Waals surface area contributed by atoms with Gasteiger partial charge in [0.05, 0.1) is 0 Å². The van der Waals surface area contributed by atoms with Crippen LogP contribution < -0.4 is 5.32 Å². The molecular formula is C8H18N. The fraction of sp³-hybridized carbons (Fsp3) is 0.875. The molecule has 0 aromatic rings. The molecule has 1 unspecified atom stereocenters. The van der Waals surface area contributed by atoms with E-state index in [-0.39, 0.29) is 0 Å². The van der Waals surface area contributed by atoms with Crippen molar-refractivity contribution in [3.05, 3.63) is 6.92 Å². The van der Waals surface area contributed by atoms with Crippen LogP contribution in [0.4, 0.5) is 0 Å². The Labute approximate surface area is 58.8 Å². The minimum Gasteiger partial charge on any atom is -0.314 e. The molecule has 0 aromatic heterocycles. The van der Waals surface area contributed by atoms with E-state index in [4.69, 9.17) is 0 Å². The molecule has 0 saturated carbocycles. The molecule has 1 radical (unpaired) electrons. The van der Waals surface area contributed by atoms with Crippen molar-refractivity contribution in [3.8, 4) is 0 Å². The monoisotopic (exact) mass is 128 g/mol. The lowest BCUT2D eigenvalue weighted by Gasteiger charge is -2.27. The SMILES string of the molecule is [CH2]CNC(C)C(C)(C)C. The maximum atomic E-state index is 3.73. The van der Waals surface area contributed by atoms with E-state index in [1.165, 1.54) is 0 Å². The smallest absolute Gasteiger partial charge is 0.00872 e. The van der Waals surface area contributed by atoms with Gasteiger partial charge >= 0.3 is 0 Å². The summed E-state index contributed by atoms with van der Waals surface area (Å²) in [5, 5.41) is 3.27. The lowest BCUT2D eigenvalue weighted by molar-refractivity contribution is 0.294. The number of hydrogen-bond donors (Lipinski definition) is 1. The summed E-state index contributed by atoms with van der Waals surface area (Å²) in [6.45, 7) is 13.4. The Morgan fingerprint density at radius 1 is 1.44 bits per heavy atom. The Bertz CT molecular complexity index is 71.1. The molecule has 0 spiro atoms. The Morgan fingerprint density at radius 2 is 1.89 bits per heavy atom. The van der Waals surface area contributed by atoms with Crippen molar-refractivity contribution in [3.63, 3.8) is 0 Å². The van der Waals surface area contributed by atoms with Crippen molar-refractivity contribution in [1.82, 2.24) is 5.32 Å². The third kappa shape index (κ3) is 3.52. The number of rotatable bonds is 2. The summed E-state index contributed by atoms with van der Waals surface area (Å²) in [7, 11) is 0. The van der Waals surface area contributed by atoms with E-state index in [1.54, 1.807) is 0 Å². The Kier molecular flexibility index (Phi) is 3.20. The van der Waals surface area contributed by atoms with Crippen molar-refractivity contribution in [2.24, 2.45) is 5.41 Å². The van der Waals surface area contributed by atoms with Gasteiger partial charge in [0.1, 0.15) is 0 Å². The van der Waals surface area contributed by atoms with E-state index in [9.17, 15) is 0 Å². The molecule has 1 atom stereocenters. The van der Waals surface area contributed by atoms with Crippen LogP contribution in [0.3, 0.4) is 0 Å². The molecule has 55 valence electrons. The van der Waals surface area contributed by atoms with Gasteiger partial charge in [-0.3, -0.25) is 0 Å². The lowest BCUT2D eigenvalue weighted by Crippen LogP contribution is -2.37. The standard InChI is InChI=1S/C8H18N/c1-6-9-7(2)8(3,4)5/h7,9H,1,6H2,2-5H3. The van der Waals surface area contributed by atoms with Crippen LogP contribution in [0.2, 0.25) is 0 Å². The quantitative estimate of drug-likeness (QED) is 0.598. The second kappa shape index (κ2) is 3.21. The zero-order valence-electron chi connectivity index (χ0n) is 6.99. The van der Waals surface area contributed by atoms with Crippen LogP contribution in [0.1, 0.15) is 27.7 Å². The van der Waals surface area contributed by atoms with Gasteiger partial charge in [0.2, 0.25) is 0 Å². The molecule has 0 aliphatic heterocycles. The minimum absolute atomic E-state index is 0.359. The molecule has 1 N–H and O–H groups in total. The average Bonchev–Trinajstić information content (AvgIpc) is 1.64. The van der Waals surface area contributed by atoms with E-state index >= 15 is 0 Å². The van der Waals surface area contributed by atoms with Gasteiger partial charge in [-0.15, -0.1) is 0 Å². The van der Waals surface area contributed by atoms with E-state index in [0.29, 0.717) is 11.5 Å². The van der Waals surface area contributed by atoms with Crippen LogP contribution in [0, 0.1) is 12.3 Å². The molecule has 0 aliphatic rings. The molecule has 0 aliphatic carbocycles. The maximum Gasteiger partial charge on any atom is 0.00872 e. The Morgan fingerprint density at radius 3 is 2.00 bits per heavy atom. The van der Waals surface area contributed by atoms with Gasteiger partial charge in [0.15, 0.2) is 0 Å². The maximum absolute atomic E-state index is 3.73. The molecule has 0 heterocycles. The molecule has 1 nitrogen and oxygen atoms in total. The molecule has 0 fully saturated rings. The van der Waals surface area contributed by atoms with Crippen LogP contribution in [-0.4, -0.2) is 12.6 Å². The summed E-state index contributed by atoms with van der Waals surface area (Å²) < 4.78 is 0. The fourth-order valence-electron chi connectivity index (χ4n) is 0.523. The topological polar surface area (TPSA) is 12.0 Å². The second-order valence-corrected chi connectivity index (χ2v) is 3.54. The van der Waals surface area contributed by atoms with Crippen molar-refractivity contribution in [2.45, 2.75) is 33.7 Å². The third-order valence-electron chi connectivity index (χ3n) is 1.75. The molecular weight excluding hydrogens is 110 g/mol. The first kappa shape index (κ1) is 8.96. The van der Waals surface area contributed by atoms with E-state index in [0.717, 1.165) is 6.54 Å². The van der Waals surface area contributed by atoms with E-state index in [2.05, 4.69) is 39.9 Å². The molecule has 0 amide bonds. The summed E-state index contributed by atoms with van der Waals surface area (Å²) in [5.74, 6) is 0. The van der Waals surface area contributed by atoms with Crippen molar-refractivity contribution >= 4 is 0 Å². The lowest BCUT2D eigenvalue weighted by atomic mass is 9.88. The largest absolute Gasteiger partial charge is 0.314 e. The summed E-state index contributed by atoms with van der Waals surface area (Å²) >= 11 is 0. The van der Waals surface area contributed by atoms with Gasteiger partial charge in [0.25, 0.3) is 0 Å². The predicted octanol–water partition coefficient (Wildman–Crippen LogP) is 1.84. The third-order valence-corrected chi connectivity index (χ3v) is 1.75. The van der Waals surface area contributed by atoms with Crippen LogP contribution in [0.5, 0.6) is 0 Å². The van der Waals surface area contributed by atoms with Crippen LogP contribution in [0.15, 0.2) is 0 Å². The van der Waals surface area contributed by atoms with E-state index in [1.807, 2.05) is 0 Å². The predicted molar refractivity (Wildman–Crippen MR) is 42.3 cm³/mol. The van der Waals surface area contributed by atoms with Gasteiger partial charge in [-0.25, -0.2) is 0 Å². The zero-order chi connectivity index (χ0) is 7.49. The Balaban J connectivity index is 3.59. The first-order valence-electron chi connectivity index (χ1n) is 3.51. The molecule has 0 aromatic carbocycles. The molecule has 0 rings (SSSR count). The van der Waals surface area contributed by atoms with Crippen LogP contribution in [0.25, 0.3) is 0 Å². The van der Waals surface area contributed by atoms with Gasteiger partial charge in [0, 0.05) is 6.04 Å². The average molecular weight is 128 g/mol. The molecule has 9 heavy (non-hydrogen) atoms. The van der Waals surface area contributed by atoms with Crippen LogP contribution in [-0.2, 0) is 0 Å². The van der Waals surface area contributed by atoms with Crippen molar-refractivity contribution in [1.29, 1.82) is 0 Å². The highest BCUT2D eigenvalue weighted by Gasteiger charge is 2.17. The second-order valence-electron chi connectivity index (χ2n) is 3.54. The zero-order valence-corrected chi connectivity index (χ0v) is 6.99. The minimum atomic E-state index is 0.359. The fourth-order valence-corrected chi connectivity index (χ4v) is 0.523. The molecule has 0 bridgehead atoms. The summed E-state index contributed by atoms with van der Waals surface area (Å²) in [5.41, 5.74) is 0.359. The summed E-state index contributed by atoms with van der Waals surface area (Å²) in [4.78, 5) is 0. The van der Waals surface area contributed by atoms with Gasteiger partial charge in [-0.05, 0) is 25.8 Å². The summed E-state index contributed by atoms with van der Waals surface area (Å²) in [6.07, 6.45) is 0. The van der Waals surface area contributed by atoms with Gasteiger partial charge in [-0.2, -0.15) is 0 Å². The highest BCUT2D eigenvalue weighted by Crippen LogP contribution is 2.17. The molecule has 0 saturated heterocycles. The van der Waals surface area contributed by atoms with Crippen molar-refractivity contribution < 1.29 is 0 Å². The van der Waals surface area contributed by atoms with Crippen LogP contribution >= 0.6 is 0 Å². The van der Waals surface area contributed by atoms with Crippen molar-refractivity contribution in [2.75, 3.05) is 6.54 Å². The normalized spacial score (nSPS) is 15.7. The van der Waals surface area contributed by atoms with Gasteiger partial charge in [-0.1, -0.05) is 20.8 Å². The highest BCUT2D eigenvalue weighted by atomic mass is 14.9.